The monoisotopic (exact) mass is 1130 g/mol. The highest BCUT2D eigenvalue weighted by atomic mass is 16.7. The number of carboxylic acid groups (broad SMARTS) is 1. The van der Waals surface area contributed by atoms with E-state index in [0.29, 0.717) is 17.4 Å². The number of allylic oxidation sites excluding steroid dienone is 22. The molecule has 0 aromatic heterocycles. The lowest BCUT2D eigenvalue weighted by atomic mass is 10.0. The number of nitrogens with zero attached hydrogens (tertiary/aromatic N) is 1. The van der Waals surface area contributed by atoms with Gasteiger partial charge in [0.15, 0.2) is 6.10 Å². The van der Waals surface area contributed by atoms with Gasteiger partial charge >= 0.3 is 17.9 Å². The number of likely N-dealkylation sites (N-methyl/N-ethyl adjacent to an activating group) is 1. The molecule has 0 fully saturated rings. The summed E-state index contributed by atoms with van der Waals surface area (Å²) in [6, 6.07) is 0. The third-order valence-electron chi connectivity index (χ3n) is 13.4. The number of unbranched alkanes of at least 4 members (excludes halogenated alkanes) is 21. The highest BCUT2D eigenvalue weighted by molar-refractivity contribution is 5.71. The zero-order chi connectivity index (χ0) is 59.1. The lowest BCUT2D eigenvalue weighted by molar-refractivity contribution is -0.870. The Balaban J connectivity index is 4.32. The standard InChI is InChI=1S/C72H119NO8/c1-6-8-10-12-14-16-18-20-22-24-26-28-30-31-32-33-34-35-36-37-38-39-41-43-45-47-49-51-53-55-57-59-61-63-70(75)81-68(67-80-72(71(76)77)78-65-64-73(3,4)5)66-79-69(74)62-60-58-56-54-52-50-48-46-44-42-40-29-27-25-23-21-19-17-15-13-11-9-7-2/h8,10,14,16,20,22,25-28,31-32,34-35,37-38,41,43,47,49,53,55,68,72H,6-7,9,11-13,15,17-19,21,23-24,29-30,33,36,39-40,42,44-46,48,50-52,54,56-67H2,1-5H3/p+1/b10-8-,16-14-,22-20-,27-25-,28-26-,32-31-,35-34-,38-37-,43-41-,49-47-,55-53-. The summed E-state index contributed by atoms with van der Waals surface area (Å²) < 4.78 is 22.9. The van der Waals surface area contributed by atoms with Crippen LogP contribution in [0.1, 0.15) is 245 Å². The van der Waals surface area contributed by atoms with Crippen molar-refractivity contribution < 1.29 is 42.9 Å². The van der Waals surface area contributed by atoms with Gasteiger partial charge in [-0.05, 0) is 116 Å². The lowest BCUT2D eigenvalue weighted by Gasteiger charge is -2.25. The van der Waals surface area contributed by atoms with Crippen LogP contribution in [0.2, 0.25) is 0 Å². The molecule has 2 atom stereocenters. The fourth-order valence-corrected chi connectivity index (χ4v) is 8.45. The Bertz CT molecular complexity index is 1790. The minimum atomic E-state index is -1.53. The van der Waals surface area contributed by atoms with E-state index >= 15 is 0 Å². The molecule has 81 heavy (non-hydrogen) atoms. The van der Waals surface area contributed by atoms with E-state index in [-0.39, 0.29) is 38.6 Å². The normalized spacial score (nSPS) is 13.6. The molecule has 0 saturated carbocycles. The highest BCUT2D eigenvalue weighted by Crippen LogP contribution is 2.15. The lowest BCUT2D eigenvalue weighted by Crippen LogP contribution is -2.40. The van der Waals surface area contributed by atoms with Crippen molar-refractivity contribution in [3.63, 3.8) is 0 Å². The molecule has 9 nitrogen and oxygen atoms in total. The van der Waals surface area contributed by atoms with Crippen LogP contribution in [0.15, 0.2) is 134 Å². The summed E-state index contributed by atoms with van der Waals surface area (Å²) in [7, 11) is 5.95. The number of quaternary nitrogens is 1. The maximum atomic E-state index is 12.9. The van der Waals surface area contributed by atoms with Crippen LogP contribution in [0.5, 0.6) is 0 Å². The molecule has 0 rings (SSSR count). The van der Waals surface area contributed by atoms with Gasteiger partial charge in [-0.3, -0.25) is 9.59 Å². The van der Waals surface area contributed by atoms with Gasteiger partial charge in [-0.15, -0.1) is 0 Å². The van der Waals surface area contributed by atoms with Gasteiger partial charge in [0.25, 0.3) is 6.29 Å². The molecule has 0 radical (unpaired) electrons. The van der Waals surface area contributed by atoms with Crippen LogP contribution in [0.25, 0.3) is 0 Å². The minimum Gasteiger partial charge on any atom is -0.477 e. The summed E-state index contributed by atoms with van der Waals surface area (Å²) >= 11 is 0. The molecular formula is C72H120NO8+. The van der Waals surface area contributed by atoms with E-state index in [1.807, 2.05) is 21.1 Å². The Morgan fingerprint density at radius 2 is 0.704 bits per heavy atom. The first-order valence-corrected chi connectivity index (χ1v) is 32.3. The molecule has 0 aromatic rings. The van der Waals surface area contributed by atoms with E-state index in [4.69, 9.17) is 18.9 Å². The zero-order valence-corrected chi connectivity index (χ0v) is 52.4. The smallest absolute Gasteiger partial charge is 0.361 e. The summed E-state index contributed by atoms with van der Waals surface area (Å²) in [5.74, 6) is -2.08. The number of ether oxygens (including phenoxy) is 4. The molecule has 9 heteroatoms. The summed E-state index contributed by atoms with van der Waals surface area (Å²) in [6.07, 6.45) is 85.5. The fourth-order valence-electron chi connectivity index (χ4n) is 8.45. The van der Waals surface area contributed by atoms with E-state index in [0.717, 1.165) is 96.3 Å². The van der Waals surface area contributed by atoms with Gasteiger partial charge in [0, 0.05) is 12.8 Å². The van der Waals surface area contributed by atoms with Crippen molar-refractivity contribution in [1.82, 2.24) is 0 Å². The SMILES string of the molecule is CC/C=C\C/C=C\C/C=C\C/C=C\C/C=C\C/C=C\C/C=C\C/C=C\C/C=C\C/C=C\CCCCC(=O)OC(COC(=O)CCCCCCCCCCCCC/C=C\CCCCCCCCCC)COC(OCC[N+](C)(C)C)C(=O)O. The van der Waals surface area contributed by atoms with Crippen LogP contribution >= 0.6 is 0 Å². The van der Waals surface area contributed by atoms with Gasteiger partial charge in [0.05, 0.1) is 34.4 Å². The van der Waals surface area contributed by atoms with Gasteiger partial charge in [0.1, 0.15) is 13.2 Å². The number of carboxylic acids is 1. The second kappa shape index (κ2) is 61.5. The Hall–Kier alpha value is -4.57. The predicted molar refractivity (Wildman–Crippen MR) is 345 cm³/mol. The summed E-state index contributed by atoms with van der Waals surface area (Å²) in [5.41, 5.74) is 0. The second-order valence-corrected chi connectivity index (χ2v) is 22.3. The maximum absolute atomic E-state index is 12.9. The van der Waals surface area contributed by atoms with Crippen LogP contribution in [0.4, 0.5) is 0 Å². The van der Waals surface area contributed by atoms with E-state index in [9.17, 15) is 19.5 Å². The largest absolute Gasteiger partial charge is 0.477 e. The van der Waals surface area contributed by atoms with Gasteiger partial charge < -0.3 is 28.5 Å². The van der Waals surface area contributed by atoms with E-state index in [1.54, 1.807) is 0 Å². The molecule has 0 bridgehead atoms. The van der Waals surface area contributed by atoms with Crippen molar-refractivity contribution in [2.75, 3.05) is 47.5 Å². The minimum absolute atomic E-state index is 0.172. The first kappa shape index (κ1) is 76.4. The third-order valence-corrected chi connectivity index (χ3v) is 13.4. The molecule has 0 aliphatic rings. The molecule has 0 spiro atoms. The molecule has 0 aliphatic heterocycles. The molecule has 0 aromatic carbocycles. The molecule has 460 valence electrons. The number of hydrogen-bond acceptors (Lipinski definition) is 7. The van der Waals surface area contributed by atoms with Gasteiger partial charge in [-0.1, -0.05) is 250 Å². The highest BCUT2D eigenvalue weighted by Gasteiger charge is 2.25. The van der Waals surface area contributed by atoms with Gasteiger partial charge in [0.2, 0.25) is 0 Å². The number of esters is 2. The van der Waals surface area contributed by atoms with Gasteiger partial charge in [-0.25, -0.2) is 4.79 Å². The zero-order valence-electron chi connectivity index (χ0n) is 52.4. The van der Waals surface area contributed by atoms with E-state index in [1.165, 1.54) is 116 Å². The number of hydrogen-bond donors (Lipinski definition) is 1. The molecule has 0 heterocycles. The first-order valence-electron chi connectivity index (χ1n) is 32.3. The number of aliphatic carboxylic acids is 1. The molecule has 0 saturated heterocycles. The molecule has 0 amide bonds. The summed E-state index contributed by atoms with van der Waals surface area (Å²) in [5, 5.41) is 9.72. The number of carbonyl (C=O) groups is 3. The van der Waals surface area contributed by atoms with Crippen LogP contribution < -0.4 is 0 Å². The Labute approximate surface area is 497 Å². The van der Waals surface area contributed by atoms with Crippen LogP contribution in [0.3, 0.4) is 0 Å². The fraction of sp³-hybridized carbons (Fsp3) is 0.653. The van der Waals surface area contributed by atoms with Crippen molar-refractivity contribution in [3.8, 4) is 0 Å². The van der Waals surface area contributed by atoms with Crippen LogP contribution in [-0.2, 0) is 33.3 Å². The molecule has 1 N–H and O–H groups in total. The van der Waals surface area contributed by atoms with E-state index < -0.39 is 24.3 Å². The number of carbonyl (C=O) groups excluding carboxylic acids is 2. The Morgan fingerprint density at radius 1 is 0.383 bits per heavy atom. The van der Waals surface area contributed by atoms with Crippen molar-refractivity contribution in [3.05, 3.63) is 134 Å². The quantitative estimate of drug-likeness (QED) is 0.0211. The maximum Gasteiger partial charge on any atom is 0.361 e. The Kier molecular flexibility index (Phi) is 58.0. The average Bonchev–Trinajstić information content (AvgIpc) is 3.44. The topological polar surface area (TPSA) is 108 Å². The summed E-state index contributed by atoms with van der Waals surface area (Å²) in [4.78, 5) is 37.5. The van der Waals surface area contributed by atoms with Crippen molar-refractivity contribution >= 4 is 17.9 Å². The average molecular weight is 1130 g/mol. The van der Waals surface area contributed by atoms with Crippen molar-refractivity contribution in [1.29, 1.82) is 0 Å². The third kappa shape index (κ3) is 62.9. The van der Waals surface area contributed by atoms with Crippen LogP contribution in [0, 0.1) is 0 Å². The van der Waals surface area contributed by atoms with Crippen molar-refractivity contribution in [2.45, 2.75) is 257 Å². The second-order valence-electron chi connectivity index (χ2n) is 22.3. The summed E-state index contributed by atoms with van der Waals surface area (Å²) in [6.45, 7) is 4.71. The molecular weight excluding hydrogens is 1010 g/mol. The first-order chi connectivity index (χ1) is 39.6. The molecule has 2 unspecified atom stereocenters. The van der Waals surface area contributed by atoms with E-state index in [2.05, 4.69) is 148 Å². The van der Waals surface area contributed by atoms with Gasteiger partial charge in [-0.2, -0.15) is 0 Å². The Morgan fingerprint density at radius 3 is 1.09 bits per heavy atom. The molecule has 0 aliphatic carbocycles. The van der Waals surface area contributed by atoms with Crippen molar-refractivity contribution in [2.24, 2.45) is 0 Å². The number of rotatable bonds is 58. The predicted octanol–water partition coefficient (Wildman–Crippen LogP) is 19.8. The van der Waals surface area contributed by atoms with Crippen LogP contribution in [-0.4, -0.2) is 87.4 Å².